The minimum atomic E-state index is -0.245. The molecule has 2 amide bonds. The summed E-state index contributed by atoms with van der Waals surface area (Å²) in [4.78, 5) is 25.7. The average Bonchev–Trinajstić information content (AvgIpc) is 2.65. The zero-order valence-electron chi connectivity index (χ0n) is 14.4. The van der Waals surface area contributed by atoms with Crippen LogP contribution in [-0.4, -0.2) is 55.1 Å². The lowest BCUT2D eigenvalue weighted by Gasteiger charge is -2.34. The van der Waals surface area contributed by atoms with Crippen LogP contribution >= 0.6 is 0 Å². The summed E-state index contributed by atoms with van der Waals surface area (Å²) < 4.78 is 11.5. The molecule has 2 atom stereocenters. The number of hydrogen-bond acceptors (Lipinski definition) is 5. The number of ether oxygens (including phenoxy) is 2. The summed E-state index contributed by atoms with van der Waals surface area (Å²) in [6.45, 7) is 4.11. The second-order valence-corrected chi connectivity index (χ2v) is 6.63. The van der Waals surface area contributed by atoms with E-state index in [1.54, 1.807) is 0 Å². The first kappa shape index (κ1) is 17.5. The molecule has 7 nitrogen and oxygen atoms in total. The van der Waals surface area contributed by atoms with Crippen LogP contribution in [-0.2, 0) is 9.59 Å². The van der Waals surface area contributed by atoms with Crippen LogP contribution in [0.4, 0.5) is 0 Å². The normalized spacial score (nSPS) is 22.2. The van der Waals surface area contributed by atoms with Crippen LogP contribution in [0.5, 0.6) is 11.5 Å². The molecule has 2 heterocycles. The largest absolute Gasteiger partial charge is 0.486 e. The van der Waals surface area contributed by atoms with Gasteiger partial charge in [-0.15, -0.1) is 0 Å². The average molecular weight is 347 g/mol. The number of hydrogen-bond donors (Lipinski definition) is 2. The van der Waals surface area contributed by atoms with Crippen molar-refractivity contribution in [3.05, 3.63) is 24.3 Å². The molecule has 2 aliphatic heterocycles. The monoisotopic (exact) mass is 347 g/mol. The van der Waals surface area contributed by atoms with Crippen molar-refractivity contribution in [2.75, 3.05) is 26.2 Å². The van der Waals surface area contributed by atoms with E-state index in [1.165, 1.54) is 0 Å². The smallest absolute Gasteiger partial charge is 0.237 e. The van der Waals surface area contributed by atoms with E-state index in [9.17, 15) is 9.59 Å². The SMILES string of the molecule is CC(C(=O)NCC1COc2ccccc2O1)N1CCC(C(N)=O)CC1. The van der Waals surface area contributed by atoms with E-state index in [4.69, 9.17) is 15.2 Å². The third kappa shape index (κ3) is 4.22. The van der Waals surface area contributed by atoms with E-state index in [0.717, 1.165) is 5.75 Å². The zero-order valence-corrected chi connectivity index (χ0v) is 14.4. The Morgan fingerprint density at radius 2 is 1.96 bits per heavy atom. The second kappa shape index (κ2) is 7.74. The molecule has 1 aromatic rings. The van der Waals surface area contributed by atoms with Gasteiger partial charge in [0.15, 0.2) is 11.5 Å². The molecular weight excluding hydrogens is 322 g/mol. The Hall–Kier alpha value is -2.28. The van der Waals surface area contributed by atoms with E-state index in [-0.39, 0.29) is 29.9 Å². The van der Waals surface area contributed by atoms with E-state index < -0.39 is 0 Å². The molecule has 0 aromatic heterocycles. The lowest BCUT2D eigenvalue weighted by Crippen LogP contribution is -2.51. The number of nitrogens with zero attached hydrogens (tertiary/aromatic N) is 1. The van der Waals surface area contributed by atoms with Gasteiger partial charge in [-0.25, -0.2) is 0 Å². The number of carbonyl (C=O) groups excluding carboxylic acids is 2. The van der Waals surface area contributed by atoms with E-state index in [1.807, 2.05) is 31.2 Å². The Morgan fingerprint density at radius 1 is 1.28 bits per heavy atom. The molecule has 1 fully saturated rings. The van der Waals surface area contributed by atoms with Crippen LogP contribution < -0.4 is 20.5 Å². The van der Waals surface area contributed by atoms with Gasteiger partial charge in [-0.3, -0.25) is 14.5 Å². The molecule has 1 saturated heterocycles. The Labute approximate surface area is 147 Å². The standard InChI is InChI=1S/C18H25N3O4/c1-12(21-8-6-13(7-9-21)17(19)22)18(23)20-10-14-11-24-15-4-2-3-5-16(15)25-14/h2-5,12-14H,6-11H2,1H3,(H2,19,22)(H,20,23). The predicted molar refractivity (Wildman–Crippen MR) is 92.3 cm³/mol. The Kier molecular flexibility index (Phi) is 5.43. The van der Waals surface area contributed by atoms with Gasteiger partial charge >= 0.3 is 0 Å². The van der Waals surface area contributed by atoms with Crippen molar-refractivity contribution in [3.63, 3.8) is 0 Å². The molecule has 1 aromatic carbocycles. The topological polar surface area (TPSA) is 93.9 Å². The number of rotatable bonds is 5. The third-order valence-electron chi connectivity index (χ3n) is 4.93. The maximum Gasteiger partial charge on any atom is 0.237 e. The van der Waals surface area contributed by atoms with Gasteiger partial charge in [-0.2, -0.15) is 0 Å². The molecule has 2 aliphatic rings. The van der Waals surface area contributed by atoms with Crippen LogP contribution in [0.15, 0.2) is 24.3 Å². The molecule has 3 rings (SSSR count). The molecule has 0 radical (unpaired) electrons. The summed E-state index contributed by atoms with van der Waals surface area (Å²) in [6.07, 6.45) is 1.22. The van der Waals surface area contributed by atoms with Crippen molar-refractivity contribution >= 4 is 11.8 Å². The summed E-state index contributed by atoms with van der Waals surface area (Å²) in [7, 11) is 0. The minimum absolute atomic E-state index is 0.0417. The molecule has 2 unspecified atom stereocenters. The van der Waals surface area contributed by atoms with Gasteiger partial charge in [0.05, 0.1) is 12.6 Å². The fraction of sp³-hybridized carbons (Fsp3) is 0.556. The van der Waals surface area contributed by atoms with Gasteiger partial charge < -0.3 is 20.5 Å². The molecule has 25 heavy (non-hydrogen) atoms. The van der Waals surface area contributed by atoms with Gasteiger partial charge in [0.25, 0.3) is 0 Å². The first-order valence-corrected chi connectivity index (χ1v) is 8.74. The maximum atomic E-state index is 12.4. The molecule has 3 N–H and O–H groups in total. The zero-order chi connectivity index (χ0) is 17.8. The minimum Gasteiger partial charge on any atom is -0.486 e. The number of fused-ring (bicyclic) bond motifs is 1. The highest BCUT2D eigenvalue weighted by Gasteiger charge is 2.29. The van der Waals surface area contributed by atoms with Crippen molar-refractivity contribution in [2.24, 2.45) is 11.7 Å². The third-order valence-corrected chi connectivity index (χ3v) is 4.93. The second-order valence-electron chi connectivity index (χ2n) is 6.63. The van der Waals surface area contributed by atoms with Crippen LogP contribution in [0.1, 0.15) is 19.8 Å². The molecular formula is C18H25N3O4. The van der Waals surface area contributed by atoms with Crippen molar-refractivity contribution in [2.45, 2.75) is 31.9 Å². The van der Waals surface area contributed by atoms with E-state index >= 15 is 0 Å². The van der Waals surface area contributed by atoms with Gasteiger partial charge in [-0.05, 0) is 45.0 Å². The fourth-order valence-electron chi connectivity index (χ4n) is 3.26. The Balaban J connectivity index is 1.44. The van der Waals surface area contributed by atoms with Crippen molar-refractivity contribution in [1.82, 2.24) is 10.2 Å². The van der Waals surface area contributed by atoms with Crippen LogP contribution in [0, 0.1) is 5.92 Å². The number of nitrogens with two attached hydrogens (primary N) is 1. The quantitative estimate of drug-likeness (QED) is 0.810. The van der Waals surface area contributed by atoms with Gasteiger partial charge in [0.2, 0.25) is 11.8 Å². The summed E-state index contributed by atoms with van der Waals surface area (Å²) in [6, 6.07) is 7.26. The molecule has 0 aliphatic carbocycles. The Morgan fingerprint density at radius 3 is 2.64 bits per heavy atom. The number of amides is 2. The summed E-state index contributed by atoms with van der Waals surface area (Å²) >= 11 is 0. The van der Waals surface area contributed by atoms with Crippen molar-refractivity contribution in [3.8, 4) is 11.5 Å². The van der Waals surface area contributed by atoms with Crippen LogP contribution in [0.25, 0.3) is 0 Å². The lowest BCUT2D eigenvalue weighted by atomic mass is 9.95. The fourth-order valence-corrected chi connectivity index (χ4v) is 3.26. The van der Waals surface area contributed by atoms with Gasteiger partial charge in [-0.1, -0.05) is 12.1 Å². The highest BCUT2D eigenvalue weighted by molar-refractivity contribution is 5.81. The summed E-state index contributed by atoms with van der Waals surface area (Å²) in [5.41, 5.74) is 5.35. The van der Waals surface area contributed by atoms with Crippen LogP contribution in [0.2, 0.25) is 0 Å². The number of primary amides is 1. The predicted octanol–water partition coefficient (Wildman–Crippen LogP) is 0.528. The number of nitrogens with one attached hydrogen (secondary N) is 1. The Bertz CT molecular complexity index is 629. The van der Waals surface area contributed by atoms with E-state index in [0.29, 0.717) is 44.8 Å². The molecule has 7 heteroatoms. The summed E-state index contributed by atoms with van der Waals surface area (Å²) in [5.74, 6) is 1.08. The first-order chi connectivity index (χ1) is 12.0. The molecule has 0 bridgehead atoms. The number of benzene rings is 1. The van der Waals surface area contributed by atoms with Crippen LogP contribution in [0.3, 0.4) is 0 Å². The molecule has 0 spiro atoms. The number of likely N-dealkylation sites (tertiary alicyclic amines) is 1. The number of piperidine rings is 1. The molecule has 136 valence electrons. The first-order valence-electron chi connectivity index (χ1n) is 8.74. The van der Waals surface area contributed by atoms with Gasteiger partial charge in [0, 0.05) is 5.92 Å². The molecule has 0 saturated carbocycles. The number of carbonyl (C=O) groups is 2. The highest BCUT2D eigenvalue weighted by atomic mass is 16.6. The van der Waals surface area contributed by atoms with Crippen molar-refractivity contribution in [1.29, 1.82) is 0 Å². The van der Waals surface area contributed by atoms with Crippen molar-refractivity contribution < 1.29 is 19.1 Å². The number of para-hydroxylation sites is 2. The maximum absolute atomic E-state index is 12.4. The van der Waals surface area contributed by atoms with Gasteiger partial charge in [0.1, 0.15) is 12.7 Å². The highest BCUT2D eigenvalue weighted by Crippen LogP contribution is 2.30. The van der Waals surface area contributed by atoms with E-state index in [2.05, 4.69) is 10.2 Å². The lowest BCUT2D eigenvalue weighted by molar-refractivity contribution is -0.127. The summed E-state index contributed by atoms with van der Waals surface area (Å²) in [5, 5.41) is 2.94.